The molecule has 1 aromatic heterocycles. The summed E-state index contributed by atoms with van der Waals surface area (Å²) in [5.41, 5.74) is 0.0400. The lowest BCUT2D eigenvalue weighted by atomic mass is 10.2. The van der Waals surface area contributed by atoms with Crippen molar-refractivity contribution in [1.82, 2.24) is 14.3 Å². The summed E-state index contributed by atoms with van der Waals surface area (Å²) in [7, 11) is 0. The van der Waals surface area contributed by atoms with E-state index >= 15 is 0 Å². The number of rotatable bonds is 7. The Morgan fingerprint density at radius 3 is 2.50 bits per heavy atom. The summed E-state index contributed by atoms with van der Waals surface area (Å²) in [5.74, 6) is 0.896. The first-order chi connectivity index (χ1) is 7.74. The van der Waals surface area contributed by atoms with Crippen LogP contribution in [0.5, 0.6) is 0 Å². The molecule has 0 saturated heterocycles. The Morgan fingerprint density at radius 2 is 2.00 bits per heavy atom. The maximum Gasteiger partial charge on any atom is 0.345 e. The lowest BCUT2D eigenvalue weighted by Crippen LogP contribution is -2.25. The van der Waals surface area contributed by atoms with Crippen LogP contribution in [0.3, 0.4) is 0 Å². The van der Waals surface area contributed by atoms with Crippen LogP contribution in [-0.2, 0) is 19.5 Å². The maximum absolute atomic E-state index is 11.9. The number of unbranched alkanes of at least 4 members (excludes halogenated alkanes) is 2. The Hall–Kier alpha value is -0.580. The average molecular weight is 290 g/mol. The summed E-state index contributed by atoms with van der Waals surface area (Å²) in [6.07, 6.45) is 4.13. The molecule has 0 saturated carbocycles. The van der Waals surface area contributed by atoms with Gasteiger partial charge in [-0.3, -0.25) is 4.57 Å². The number of alkyl halides is 1. The summed E-state index contributed by atoms with van der Waals surface area (Å²) >= 11 is 3.40. The maximum atomic E-state index is 11.9. The van der Waals surface area contributed by atoms with Gasteiger partial charge in [0.2, 0.25) is 0 Å². The van der Waals surface area contributed by atoms with Crippen molar-refractivity contribution in [2.75, 3.05) is 5.33 Å². The number of hydrogen-bond acceptors (Lipinski definition) is 2. The molecule has 0 aromatic carbocycles. The molecule has 0 bridgehead atoms. The van der Waals surface area contributed by atoms with E-state index in [-0.39, 0.29) is 5.69 Å². The van der Waals surface area contributed by atoms with Gasteiger partial charge in [-0.25, -0.2) is 9.48 Å². The van der Waals surface area contributed by atoms with Crippen molar-refractivity contribution in [2.45, 2.75) is 52.6 Å². The SMILES string of the molecule is CCc1nn(CCCCCBr)c(=O)n1CC. The lowest BCUT2D eigenvalue weighted by molar-refractivity contribution is 0.530. The van der Waals surface area contributed by atoms with Crippen LogP contribution in [0.2, 0.25) is 0 Å². The molecule has 1 heterocycles. The lowest BCUT2D eigenvalue weighted by Gasteiger charge is -1.98. The van der Waals surface area contributed by atoms with E-state index in [4.69, 9.17) is 0 Å². The zero-order valence-electron chi connectivity index (χ0n) is 10.1. The van der Waals surface area contributed by atoms with E-state index in [9.17, 15) is 4.79 Å². The second-order valence-electron chi connectivity index (χ2n) is 3.77. The fraction of sp³-hybridized carbons (Fsp3) is 0.818. The van der Waals surface area contributed by atoms with Crippen LogP contribution in [0, 0.1) is 0 Å². The molecule has 0 aliphatic rings. The summed E-state index contributed by atoms with van der Waals surface area (Å²) < 4.78 is 3.36. The van der Waals surface area contributed by atoms with Crippen molar-refractivity contribution < 1.29 is 0 Å². The van der Waals surface area contributed by atoms with Crippen molar-refractivity contribution in [1.29, 1.82) is 0 Å². The van der Waals surface area contributed by atoms with Gasteiger partial charge in [0.05, 0.1) is 0 Å². The van der Waals surface area contributed by atoms with Gasteiger partial charge in [-0.1, -0.05) is 29.3 Å². The molecule has 0 aliphatic heterocycles. The van der Waals surface area contributed by atoms with Crippen molar-refractivity contribution in [2.24, 2.45) is 0 Å². The van der Waals surface area contributed by atoms with Crippen LogP contribution >= 0.6 is 15.9 Å². The average Bonchev–Trinajstić information content (AvgIpc) is 2.61. The van der Waals surface area contributed by atoms with Gasteiger partial charge >= 0.3 is 5.69 Å². The van der Waals surface area contributed by atoms with Gasteiger partial charge in [-0.15, -0.1) is 0 Å². The van der Waals surface area contributed by atoms with Crippen LogP contribution in [-0.4, -0.2) is 19.7 Å². The normalized spacial score (nSPS) is 10.9. The van der Waals surface area contributed by atoms with Crippen molar-refractivity contribution in [3.05, 3.63) is 16.3 Å². The predicted octanol–water partition coefficient (Wildman–Crippen LogP) is 2.19. The smallest absolute Gasteiger partial charge is 0.279 e. The van der Waals surface area contributed by atoms with Crippen LogP contribution < -0.4 is 5.69 Å². The number of hydrogen-bond donors (Lipinski definition) is 0. The van der Waals surface area contributed by atoms with Gasteiger partial charge in [0.25, 0.3) is 0 Å². The minimum atomic E-state index is 0.0400. The highest BCUT2D eigenvalue weighted by Crippen LogP contribution is 2.01. The third-order valence-corrected chi connectivity index (χ3v) is 3.20. The first-order valence-electron chi connectivity index (χ1n) is 5.97. The van der Waals surface area contributed by atoms with Crippen LogP contribution in [0.25, 0.3) is 0 Å². The molecule has 1 aromatic rings. The molecule has 4 nitrogen and oxygen atoms in total. The molecule has 0 atom stereocenters. The molecule has 1 rings (SSSR count). The second-order valence-corrected chi connectivity index (χ2v) is 4.56. The molecular formula is C11H20BrN3O. The minimum Gasteiger partial charge on any atom is -0.279 e. The van der Waals surface area contributed by atoms with Gasteiger partial charge in [0, 0.05) is 24.8 Å². The Kier molecular flexibility index (Phi) is 5.80. The third-order valence-electron chi connectivity index (χ3n) is 2.64. The van der Waals surface area contributed by atoms with E-state index in [0.29, 0.717) is 6.54 Å². The van der Waals surface area contributed by atoms with Crippen LogP contribution in [0.15, 0.2) is 4.79 Å². The highest BCUT2D eigenvalue weighted by Gasteiger charge is 2.09. The summed E-state index contributed by atoms with van der Waals surface area (Å²) in [6.45, 7) is 5.47. The van der Waals surface area contributed by atoms with Gasteiger partial charge < -0.3 is 0 Å². The van der Waals surface area contributed by atoms with E-state index in [2.05, 4.69) is 21.0 Å². The van der Waals surface area contributed by atoms with Gasteiger partial charge in [0.15, 0.2) is 0 Å². The standard InChI is InChI=1S/C11H20BrN3O/c1-3-10-13-15(9-7-5-6-8-12)11(16)14(10)4-2/h3-9H2,1-2H3. The van der Waals surface area contributed by atoms with E-state index in [0.717, 1.165) is 43.4 Å². The zero-order chi connectivity index (χ0) is 12.0. The van der Waals surface area contributed by atoms with Gasteiger partial charge in [-0.2, -0.15) is 5.10 Å². The zero-order valence-corrected chi connectivity index (χ0v) is 11.7. The molecule has 0 fully saturated rings. The van der Waals surface area contributed by atoms with Crippen molar-refractivity contribution in [3.63, 3.8) is 0 Å². The summed E-state index contributed by atoms with van der Waals surface area (Å²) in [4.78, 5) is 11.9. The molecule has 0 aliphatic carbocycles. The fourth-order valence-corrected chi connectivity index (χ4v) is 2.14. The second kappa shape index (κ2) is 6.89. The summed E-state index contributed by atoms with van der Waals surface area (Å²) in [5, 5.41) is 5.39. The third kappa shape index (κ3) is 3.20. The molecule has 16 heavy (non-hydrogen) atoms. The Balaban J connectivity index is 2.66. The molecule has 0 spiro atoms. The Morgan fingerprint density at radius 1 is 1.25 bits per heavy atom. The van der Waals surface area contributed by atoms with Crippen LogP contribution in [0.1, 0.15) is 38.9 Å². The van der Waals surface area contributed by atoms with Gasteiger partial charge in [-0.05, 0) is 19.8 Å². The van der Waals surface area contributed by atoms with E-state index in [1.54, 1.807) is 9.25 Å². The minimum absolute atomic E-state index is 0.0400. The van der Waals surface area contributed by atoms with E-state index < -0.39 is 0 Å². The first-order valence-corrected chi connectivity index (χ1v) is 7.09. The molecule has 5 heteroatoms. The molecule has 92 valence electrons. The fourth-order valence-electron chi connectivity index (χ4n) is 1.74. The van der Waals surface area contributed by atoms with Crippen molar-refractivity contribution in [3.8, 4) is 0 Å². The van der Waals surface area contributed by atoms with E-state index in [1.165, 1.54) is 0 Å². The quantitative estimate of drug-likeness (QED) is 0.570. The predicted molar refractivity (Wildman–Crippen MR) is 69.2 cm³/mol. The molecule has 0 N–H and O–H groups in total. The molecule has 0 amide bonds. The number of aromatic nitrogens is 3. The monoisotopic (exact) mass is 289 g/mol. The van der Waals surface area contributed by atoms with Gasteiger partial charge in [0.1, 0.15) is 5.82 Å². The highest BCUT2D eigenvalue weighted by atomic mass is 79.9. The largest absolute Gasteiger partial charge is 0.345 e. The topological polar surface area (TPSA) is 39.8 Å². The Bertz CT molecular complexity index is 370. The molecule has 0 unspecified atom stereocenters. The number of aryl methyl sites for hydroxylation is 2. The molecule has 0 radical (unpaired) electrons. The number of nitrogens with zero attached hydrogens (tertiary/aromatic N) is 3. The number of halogens is 1. The molecular weight excluding hydrogens is 270 g/mol. The van der Waals surface area contributed by atoms with Crippen molar-refractivity contribution >= 4 is 15.9 Å². The van der Waals surface area contributed by atoms with E-state index in [1.807, 2.05) is 13.8 Å². The highest BCUT2D eigenvalue weighted by molar-refractivity contribution is 9.09. The van der Waals surface area contributed by atoms with Crippen LogP contribution in [0.4, 0.5) is 0 Å². The summed E-state index contributed by atoms with van der Waals surface area (Å²) in [6, 6.07) is 0. The first kappa shape index (κ1) is 13.5. The Labute approximate surface area is 105 Å².